The van der Waals surface area contributed by atoms with Crippen molar-refractivity contribution >= 4 is 11.9 Å². The number of rotatable bonds is 3. The summed E-state index contributed by atoms with van der Waals surface area (Å²) >= 11 is 0. The molecule has 2 spiro atoms. The van der Waals surface area contributed by atoms with Crippen molar-refractivity contribution in [1.29, 1.82) is 0 Å². The highest BCUT2D eigenvalue weighted by molar-refractivity contribution is 5.81. The van der Waals surface area contributed by atoms with E-state index in [2.05, 4.69) is 0 Å². The third-order valence-corrected chi connectivity index (χ3v) is 8.29. The second-order valence-corrected chi connectivity index (χ2v) is 9.60. The average molecular weight is 420 g/mol. The van der Waals surface area contributed by atoms with Crippen LogP contribution in [0, 0.1) is 22.7 Å². The van der Waals surface area contributed by atoms with Crippen molar-refractivity contribution in [2.24, 2.45) is 22.7 Å². The predicted octanol–water partition coefficient (Wildman–Crippen LogP) is 1.74. The number of cyclic esters (lactones) is 1. The van der Waals surface area contributed by atoms with Crippen LogP contribution in [0.15, 0.2) is 23.0 Å². The molecule has 2 aliphatic carbocycles. The highest BCUT2D eigenvalue weighted by atomic mass is 16.6. The van der Waals surface area contributed by atoms with Gasteiger partial charge < -0.3 is 28.8 Å². The molecule has 0 bridgehead atoms. The van der Waals surface area contributed by atoms with E-state index in [4.69, 9.17) is 18.6 Å². The minimum atomic E-state index is -0.964. The molecule has 164 valence electrons. The van der Waals surface area contributed by atoms with Gasteiger partial charge in [-0.25, -0.2) is 0 Å². The van der Waals surface area contributed by atoms with E-state index in [9.17, 15) is 19.8 Å². The lowest BCUT2D eigenvalue weighted by molar-refractivity contribution is -0.230. The Morgan fingerprint density at radius 1 is 1.30 bits per heavy atom. The van der Waals surface area contributed by atoms with Crippen molar-refractivity contribution in [1.82, 2.24) is 0 Å². The second kappa shape index (κ2) is 6.55. The Morgan fingerprint density at radius 2 is 2.07 bits per heavy atom. The Morgan fingerprint density at radius 3 is 2.70 bits per heavy atom. The van der Waals surface area contributed by atoms with Crippen LogP contribution in [0.25, 0.3) is 0 Å². The number of carbonyl (C=O) groups excluding carboxylic acids is 2. The standard InChI is InChI=1S/C22H28O8/c1-12-5-18(25)22(11-28-13(2)23)17(6-15(24)7-20(22)10-29-20)21(12)8-16(30-19(21)26)14-3-4-27-9-14/h3-4,9,12,15-18,24-25H,5-8,10-11H2,1-2H3/t12-,15+,16+,17-,18-,20+,21-,22+/m1/s1. The third-order valence-electron chi connectivity index (χ3n) is 8.29. The van der Waals surface area contributed by atoms with Gasteiger partial charge in [0.15, 0.2) is 0 Å². The summed E-state index contributed by atoms with van der Waals surface area (Å²) < 4.78 is 22.4. The zero-order valence-corrected chi connectivity index (χ0v) is 17.2. The van der Waals surface area contributed by atoms with Gasteiger partial charge in [-0.05, 0) is 30.7 Å². The van der Waals surface area contributed by atoms with Crippen LogP contribution in [0.3, 0.4) is 0 Å². The lowest BCUT2D eigenvalue weighted by Gasteiger charge is -2.61. The summed E-state index contributed by atoms with van der Waals surface area (Å²) in [6, 6.07) is 1.78. The second-order valence-electron chi connectivity index (χ2n) is 9.60. The topological polar surface area (TPSA) is 119 Å². The van der Waals surface area contributed by atoms with Crippen LogP contribution in [-0.4, -0.2) is 53.2 Å². The molecule has 8 heteroatoms. The van der Waals surface area contributed by atoms with E-state index in [1.54, 1.807) is 18.6 Å². The van der Waals surface area contributed by atoms with E-state index < -0.39 is 46.6 Å². The van der Waals surface area contributed by atoms with E-state index in [1.807, 2.05) is 6.92 Å². The first-order chi connectivity index (χ1) is 14.2. The summed E-state index contributed by atoms with van der Waals surface area (Å²) in [5.74, 6) is -1.39. The van der Waals surface area contributed by atoms with Gasteiger partial charge in [-0.15, -0.1) is 0 Å². The first-order valence-corrected chi connectivity index (χ1v) is 10.6. The van der Waals surface area contributed by atoms with Crippen LogP contribution in [-0.2, 0) is 23.8 Å². The number of furan rings is 1. The monoisotopic (exact) mass is 420 g/mol. The normalized spacial score (nSPS) is 47.2. The van der Waals surface area contributed by atoms with Crippen molar-refractivity contribution in [2.75, 3.05) is 13.2 Å². The minimum absolute atomic E-state index is 0.0426. The van der Waals surface area contributed by atoms with Crippen LogP contribution in [0.1, 0.15) is 51.2 Å². The highest BCUT2D eigenvalue weighted by Crippen LogP contribution is 2.70. The smallest absolute Gasteiger partial charge is 0.313 e. The molecular weight excluding hydrogens is 392 g/mol. The lowest BCUT2D eigenvalue weighted by atomic mass is 9.42. The highest BCUT2D eigenvalue weighted by Gasteiger charge is 2.78. The average Bonchev–Trinajstić information content (AvgIpc) is 3.12. The van der Waals surface area contributed by atoms with E-state index in [0.717, 1.165) is 5.56 Å². The molecule has 1 aromatic heterocycles. The van der Waals surface area contributed by atoms with E-state index in [0.29, 0.717) is 32.3 Å². The van der Waals surface area contributed by atoms with Gasteiger partial charge >= 0.3 is 11.9 Å². The molecule has 4 aliphatic rings. The number of hydrogen-bond acceptors (Lipinski definition) is 8. The molecule has 30 heavy (non-hydrogen) atoms. The number of esters is 2. The number of ether oxygens (including phenoxy) is 3. The molecule has 5 rings (SSSR count). The van der Waals surface area contributed by atoms with Crippen LogP contribution in [0.4, 0.5) is 0 Å². The summed E-state index contributed by atoms with van der Waals surface area (Å²) in [5, 5.41) is 22.1. The molecule has 0 unspecified atom stereocenters. The van der Waals surface area contributed by atoms with Gasteiger partial charge in [-0.1, -0.05) is 6.92 Å². The van der Waals surface area contributed by atoms with E-state index >= 15 is 0 Å². The van der Waals surface area contributed by atoms with Crippen LogP contribution in [0.2, 0.25) is 0 Å². The molecule has 2 N–H and O–H groups in total. The van der Waals surface area contributed by atoms with Crippen molar-refractivity contribution in [3.8, 4) is 0 Å². The molecule has 8 nitrogen and oxygen atoms in total. The van der Waals surface area contributed by atoms with E-state index in [1.165, 1.54) is 6.92 Å². The molecule has 3 heterocycles. The number of epoxide rings is 1. The van der Waals surface area contributed by atoms with Gasteiger partial charge in [0, 0.05) is 25.3 Å². The fraction of sp³-hybridized carbons (Fsp3) is 0.727. The number of fused-ring (bicyclic) bond motifs is 3. The van der Waals surface area contributed by atoms with Crippen LogP contribution in [0.5, 0.6) is 0 Å². The first-order valence-electron chi connectivity index (χ1n) is 10.6. The van der Waals surface area contributed by atoms with E-state index in [-0.39, 0.29) is 18.5 Å². The maximum Gasteiger partial charge on any atom is 0.313 e. The van der Waals surface area contributed by atoms with Crippen molar-refractivity contribution in [3.63, 3.8) is 0 Å². The quantitative estimate of drug-likeness (QED) is 0.561. The summed E-state index contributed by atoms with van der Waals surface area (Å²) in [6.45, 7) is 3.61. The summed E-state index contributed by atoms with van der Waals surface area (Å²) in [5.41, 5.74) is -1.89. The number of aliphatic hydroxyl groups excluding tert-OH is 2. The summed E-state index contributed by atoms with van der Waals surface area (Å²) in [4.78, 5) is 25.2. The Balaban J connectivity index is 1.61. The summed E-state index contributed by atoms with van der Waals surface area (Å²) in [6.07, 6.45) is 2.65. The zero-order chi connectivity index (χ0) is 21.3. The maximum atomic E-state index is 13.5. The molecule has 0 amide bonds. The molecule has 4 fully saturated rings. The van der Waals surface area contributed by atoms with Gasteiger partial charge in [0.1, 0.15) is 18.3 Å². The predicted molar refractivity (Wildman–Crippen MR) is 101 cm³/mol. The molecule has 2 saturated heterocycles. The molecular formula is C22H28O8. The van der Waals surface area contributed by atoms with Crippen molar-refractivity contribution < 1.29 is 38.4 Å². The fourth-order valence-corrected chi connectivity index (χ4v) is 6.78. The Kier molecular flexibility index (Phi) is 4.37. The van der Waals surface area contributed by atoms with Crippen LogP contribution >= 0.6 is 0 Å². The summed E-state index contributed by atoms with van der Waals surface area (Å²) in [7, 11) is 0. The SMILES string of the molecule is CC(=O)OC[C@@]12[C@H](O)C[C@@H](C)[C@]3(C[C@@H](c4ccoc4)OC3=O)[C@H]1C[C@H](O)C[C@]21CO1. The zero-order valence-electron chi connectivity index (χ0n) is 17.2. The van der Waals surface area contributed by atoms with Gasteiger partial charge in [0.2, 0.25) is 0 Å². The lowest BCUT2D eigenvalue weighted by Crippen LogP contribution is -2.69. The molecule has 1 aromatic rings. The number of aliphatic hydroxyl groups is 2. The molecule has 2 saturated carbocycles. The fourth-order valence-electron chi connectivity index (χ4n) is 6.78. The van der Waals surface area contributed by atoms with Gasteiger partial charge in [0.25, 0.3) is 0 Å². The molecule has 0 radical (unpaired) electrons. The third kappa shape index (κ3) is 2.50. The van der Waals surface area contributed by atoms with Gasteiger partial charge in [0.05, 0.1) is 42.2 Å². The number of hydrogen-bond donors (Lipinski definition) is 2. The van der Waals surface area contributed by atoms with Crippen molar-refractivity contribution in [2.45, 2.75) is 63.4 Å². The Bertz CT molecular complexity index is 845. The van der Waals surface area contributed by atoms with Crippen molar-refractivity contribution in [3.05, 3.63) is 24.2 Å². The van der Waals surface area contributed by atoms with Crippen LogP contribution < -0.4 is 0 Å². The largest absolute Gasteiger partial charge is 0.472 e. The maximum absolute atomic E-state index is 13.5. The number of carbonyl (C=O) groups is 2. The first kappa shape index (κ1) is 20.0. The van der Waals surface area contributed by atoms with Gasteiger partial charge in [-0.2, -0.15) is 0 Å². The molecule has 2 aliphatic heterocycles. The molecule has 0 aromatic carbocycles. The Hall–Kier alpha value is -1.90. The minimum Gasteiger partial charge on any atom is -0.472 e. The Labute approximate surface area is 174 Å². The molecule has 8 atom stereocenters. The van der Waals surface area contributed by atoms with Gasteiger partial charge in [-0.3, -0.25) is 9.59 Å².